The van der Waals surface area contributed by atoms with Crippen molar-refractivity contribution in [3.05, 3.63) is 42.5 Å². The molecule has 2 aromatic rings. The molecule has 3 atom stereocenters. The number of fused-ring (bicyclic) bond motifs is 2. The summed E-state index contributed by atoms with van der Waals surface area (Å²) in [5, 5.41) is 14.7. The van der Waals surface area contributed by atoms with Crippen molar-refractivity contribution >= 4 is 28.3 Å². The van der Waals surface area contributed by atoms with E-state index in [0.29, 0.717) is 24.9 Å². The number of aliphatic carboxylic acids is 1. The van der Waals surface area contributed by atoms with Gasteiger partial charge in [-0.25, -0.2) is 0 Å². The highest BCUT2D eigenvalue weighted by Gasteiger charge is 2.44. The molecule has 2 N–H and O–H groups in total. The van der Waals surface area contributed by atoms with Crippen LogP contribution in [0.5, 0.6) is 0 Å². The molecule has 1 saturated heterocycles. The van der Waals surface area contributed by atoms with Crippen LogP contribution in [0.25, 0.3) is 10.8 Å². The Morgan fingerprint density at radius 3 is 2.70 bits per heavy atom. The molecule has 2 fully saturated rings. The lowest BCUT2D eigenvalue weighted by Crippen LogP contribution is -2.43. The number of hydrogen-bond donors (Lipinski definition) is 2. The Bertz CT molecular complexity index is 845. The number of carbonyl (C=O) groups is 2. The minimum Gasteiger partial charge on any atom is -0.480 e. The summed E-state index contributed by atoms with van der Waals surface area (Å²) in [6, 6.07) is 13.7. The fraction of sp³-hybridized carbons (Fsp3) is 0.455. The molecule has 3 unspecified atom stereocenters. The topological polar surface area (TPSA) is 69.6 Å². The van der Waals surface area contributed by atoms with Crippen molar-refractivity contribution in [1.29, 1.82) is 0 Å². The Morgan fingerprint density at radius 2 is 1.85 bits per heavy atom. The third-order valence-electron chi connectivity index (χ3n) is 6.17. The molecule has 142 valence electrons. The fourth-order valence-electron chi connectivity index (χ4n) is 4.90. The minimum absolute atomic E-state index is 0.0604. The summed E-state index contributed by atoms with van der Waals surface area (Å²) in [5.74, 6) is -0.338. The van der Waals surface area contributed by atoms with Gasteiger partial charge in [-0.05, 0) is 36.6 Å². The van der Waals surface area contributed by atoms with Crippen LogP contribution in [0.3, 0.4) is 0 Å². The summed E-state index contributed by atoms with van der Waals surface area (Å²) in [6.45, 7) is 0.509. The molecule has 4 rings (SSSR count). The maximum absolute atomic E-state index is 12.6. The van der Waals surface area contributed by atoms with Crippen LogP contribution in [-0.4, -0.2) is 40.5 Å². The summed E-state index contributed by atoms with van der Waals surface area (Å²) in [7, 11) is 0. The highest BCUT2D eigenvalue weighted by molar-refractivity contribution is 6.02. The molecule has 1 heterocycles. The number of amides is 1. The molecular formula is C22H26N2O3. The van der Waals surface area contributed by atoms with E-state index in [-0.39, 0.29) is 5.91 Å². The van der Waals surface area contributed by atoms with Crippen LogP contribution in [0.1, 0.15) is 38.5 Å². The van der Waals surface area contributed by atoms with Crippen LogP contribution in [0.4, 0.5) is 5.69 Å². The van der Waals surface area contributed by atoms with Gasteiger partial charge in [-0.3, -0.25) is 14.5 Å². The summed E-state index contributed by atoms with van der Waals surface area (Å²) in [4.78, 5) is 26.3. The molecule has 0 aromatic heterocycles. The van der Waals surface area contributed by atoms with Gasteiger partial charge >= 0.3 is 5.97 Å². The molecule has 0 bridgehead atoms. The number of benzene rings is 2. The van der Waals surface area contributed by atoms with Gasteiger partial charge in [-0.1, -0.05) is 49.2 Å². The number of carbonyl (C=O) groups excluding carboxylic acids is 1. The van der Waals surface area contributed by atoms with Gasteiger partial charge in [0.15, 0.2) is 0 Å². The standard InChI is InChI=1S/C22H26N2O3/c25-21(23-18-10-5-8-15-6-1-3-9-17(15)18)12-13-24-19-11-4-2-7-16(19)14-20(24)22(26)27/h1,3,5-6,8-10,16,19-20H,2,4,7,11-14H2,(H,23,25)(H,26,27). The van der Waals surface area contributed by atoms with Gasteiger partial charge in [-0.2, -0.15) is 0 Å². The predicted octanol–water partition coefficient (Wildman–Crippen LogP) is 3.89. The van der Waals surface area contributed by atoms with Crippen molar-refractivity contribution in [3.63, 3.8) is 0 Å². The third kappa shape index (κ3) is 3.69. The second kappa shape index (κ2) is 7.69. The van der Waals surface area contributed by atoms with Gasteiger partial charge in [0.05, 0.1) is 0 Å². The summed E-state index contributed by atoms with van der Waals surface area (Å²) < 4.78 is 0. The first-order chi connectivity index (χ1) is 13.1. The van der Waals surface area contributed by atoms with Crippen molar-refractivity contribution in [2.45, 2.75) is 50.6 Å². The number of carboxylic acids is 1. The molecule has 1 aliphatic heterocycles. The van der Waals surface area contributed by atoms with Crippen molar-refractivity contribution < 1.29 is 14.7 Å². The first kappa shape index (κ1) is 18.0. The van der Waals surface area contributed by atoms with Crippen molar-refractivity contribution in [2.75, 3.05) is 11.9 Å². The molecule has 27 heavy (non-hydrogen) atoms. The van der Waals surface area contributed by atoms with Gasteiger partial charge < -0.3 is 10.4 Å². The van der Waals surface area contributed by atoms with E-state index in [1.54, 1.807) is 0 Å². The van der Waals surface area contributed by atoms with Crippen LogP contribution in [0.15, 0.2) is 42.5 Å². The Balaban J connectivity index is 1.42. The number of nitrogens with one attached hydrogen (secondary N) is 1. The number of carboxylic acid groups (broad SMARTS) is 1. The number of anilines is 1. The summed E-state index contributed by atoms with van der Waals surface area (Å²) in [5.41, 5.74) is 0.810. The van der Waals surface area contributed by atoms with Gasteiger partial charge in [0.1, 0.15) is 6.04 Å². The number of rotatable bonds is 5. The second-order valence-corrected chi connectivity index (χ2v) is 7.76. The van der Waals surface area contributed by atoms with Gasteiger partial charge in [0.2, 0.25) is 5.91 Å². The zero-order chi connectivity index (χ0) is 18.8. The maximum Gasteiger partial charge on any atom is 0.320 e. The van der Waals surface area contributed by atoms with E-state index in [1.807, 2.05) is 42.5 Å². The molecule has 1 amide bonds. The molecule has 0 spiro atoms. The summed E-state index contributed by atoms with van der Waals surface area (Å²) >= 11 is 0. The van der Waals surface area contributed by atoms with Gasteiger partial charge in [-0.15, -0.1) is 0 Å². The normalized spacial score (nSPS) is 25.3. The van der Waals surface area contributed by atoms with Gasteiger partial charge in [0, 0.05) is 30.1 Å². The molecule has 5 heteroatoms. The fourth-order valence-corrected chi connectivity index (χ4v) is 4.90. The zero-order valence-corrected chi connectivity index (χ0v) is 15.4. The maximum atomic E-state index is 12.6. The molecule has 1 aliphatic carbocycles. The number of likely N-dealkylation sites (tertiary alicyclic amines) is 1. The van der Waals surface area contributed by atoms with Crippen molar-refractivity contribution in [2.24, 2.45) is 5.92 Å². The average molecular weight is 366 g/mol. The van der Waals surface area contributed by atoms with Crippen LogP contribution in [0.2, 0.25) is 0 Å². The highest BCUT2D eigenvalue weighted by atomic mass is 16.4. The van der Waals surface area contributed by atoms with Crippen LogP contribution < -0.4 is 5.32 Å². The van der Waals surface area contributed by atoms with Crippen LogP contribution in [0, 0.1) is 5.92 Å². The largest absolute Gasteiger partial charge is 0.480 e. The van der Waals surface area contributed by atoms with Crippen LogP contribution in [-0.2, 0) is 9.59 Å². The zero-order valence-electron chi connectivity index (χ0n) is 15.4. The number of hydrogen-bond acceptors (Lipinski definition) is 3. The van der Waals surface area contributed by atoms with E-state index in [4.69, 9.17) is 0 Å². The third-order valence-corrected chi connectivity index (χ3v) is 6.17. The summed E-state index contributed by atoms with van der Waals surface area (Å²) in [6.07, 6.45) is 5.57. The molecular weight excluding hydrogens is 340 g/mol. The monoisotopic (exact) mass is 366 g/mol. The number of nitrogens with zero attached hydrogens (tertiary/aromatic N) is 1. The highest BCUT2D eigenvalue weighted by Crippen LogP contribution is 2.39. The predicted molar refractivity (Wildman–Crippen MR) is 106 cm³/mol. The Labute approximate surface area is 159 Å². The lowest BCUT2D eigenvalue weighted by Gasteiger charge is -2.32. The first-order valence-corrected chi connectivity index (χ1v) is 9.89. The first-order valence-electron chi connectivity index (χ1n) is 9.89. The second-order valence-electron chi connectivity index (χ2n) is 7.76. The van der Waals surface area contributed by atoms with E-state index in [0.717, 1.165) is 42.1 Å². The molecule has 2 aliphatic rings. The average Bonchev–Trinajstić information content (AvgIpc) is 3.06. The molecule has 1 saturated carbocycles. The van der Waals surface area contributed by atoms with E-state index in [9.17, 15) is 14.7 Å². The van der Waals surface area contributed by atoms with E-state index >= 15 is 0 Å². The van der Waals surface area contributed by atoms with Gasteiger partial charge in [0.25, 0.3) is 0 Å². The molecule has 5 nitrogen and oxygen atoms in total. The SMILES string of the molecule is O=C(CCN1C(C(=O)O)CC2CCCCC21)Nc1cccc2ccccc12. The van der Waals surface area contributed by atoms with Crippen molar-refractivity contribution in [1.82, 2.24) is 4.90 Å². The minimum atomic E-state index is -0.751. The Kier molecular flexibility index (Phi) is 5.12. The quantitative estimate of drug-likeness (QED) is 0.842. The Hall–Kier alpha value is -2.40. The molecule has 0 radical (unpaired) electrons. The van der Waals surface area contributed by atoms with Crippen molar-refractivity contribution in [3.8, 4) is 0 Å². The molecule has 2 aromatic carbocycles. The lowest BCUT2D eigenvalue weighted by molar-refractivity contribution is -0.143. The lowest BCUT2D eigenvalue weighted by atomic mass is 9.85. The van der Waals surface area contributed by atoms with E-state index < -0.39 is 12.0 Å². The van der Waals surface area contributed by atoms with E-state index in [1.165, 1.54) is 6.42 Å². The smallest absolute Gasteiger partial charge is 0.320 e. The van der Waals surface area contributed by atoms with Crippen LogP contribution >= 0.6 is 0 Å². The van der Waals surface area contributed by atoms with E-state index in [2.05, 4.69) is 10.2 Å². The Morgan fingerprint density at radius 1 is 1.07 bits per heavy atom.